The third kappa shape index (κ3) is 7.55. The van der Waals surface area contributed by atoms with E-state index in [0.29, 0.717) is 28.3 Å². The van der Waals surface area contributed by atoms with Crippen LogP contribution in [0.2, 0.25) is 0 Å². The normalized spacial score (nSPS) is 13.1. The Kier molecular flexibility index (Phi) is 9.78. The molecule has 17 aromatic rings. The van der Waals surface area contributed by atoms with E-state index in [4.69, 9.17) is 15.5 Å². The van der Waals surface area contributed by atoms with E-state index in [2.05, 4.69) is 223 Å². The van der Waals surface area contributed by atoms with Crippen molar-refractivity contribution >= 4 is 92.6 Å². The van der Waals surface area contributed by atoms with E-state index in [9.17, 15) is 5.48 Å². The summed E-state index contributed by atoms with van der Waals surface area (Å²) in [5.74, 6) is 2.04. The lowest BCUT2D eigenvalue weighted by Crippen LogP contribution is -2.31. The average Bonchev–Trinajstić information content (AvgIpc) is 1.58. The summed E-state index contributed by atoms with van der Waals surface area (Å²) in [6.07, 6.45) is 5.96. The highest BCUT2D eigenvalue weighted by Gasteiger charge is 2.29. The van der Waals surface area contributed by atoms with Gasteiger partial charge in [-0.3, -0.25) is 13.5 Å². The number of rotatable bonds is 5. The van der Waals surface area contributed by atoms with E-state index in [1.807, 2.05) is 60.8 Å². The smallest absolute Gasteiger partial charge is 0.269 e. The lowest BCUT2D eigenvalue weighted by atomic mass is 9.86. The first kappa shape index (κ1) is 45.1. The number of benzene rings is 12. The van der Waals surface area contributed by atoms with Crippen LogP contribution in [0.1, 0.15) is 33.2 Å². The molecule has 0 saturated heterocycles. The van der Waals surface area contributed by atoms with Gasteiger partial charge in [0.2, 0.25) is 0 Å². The highest BCUT2D eigenvalue weighted by molar-refractivity contribution is 6.22. The molecule has 0 N–H and O–H groups in total. The van der Waals surface area contributed by atoms with E-state index in [1.54, 1.807) is 0 Å². The third-order valence-corrected chi connectivity index (χ3v) is 18.0. The molecule has 0 radical (unpaired) electrons. The SMILES string of the molecule is [2H]c1c([2H])c([2H])c(-c2cc(-c3cccc4c3oc3ccccc34)cc3c2-[n+]2[c-]n4c5cc(Oc6ccc7c8ccccc8n(-c8cc(C(C)(C)C)ccn8)c7c6)ccc5c5ccccc5c5ccccc5c5ccc(c2c54)-c2ccccc2-c2ccccc2-3)c([2H])c1[2H]. The molecule has 88 heavy (non-hydrogen) atoms. The van der Waals surface area contributed by atoms with Gasteiger partial charge in [0.15, 0.2) is 0 Å². The highest BCUT2D eigenvalue weighted by Crippen LogP contribution is 2.49. The summed E-state index contributed by atoms with van der Waals surface area (Å²) in [7, 11) is 0. The van der Waals surface area contributed by atoms with Crippen LogP contribution in [0.5, 0.6) is 11.5 Å². The monoisotopic (exact) mass is 1130 g/mol. The fourth-order valence-electron chi connectivity index (χ4n) is 14.0. The Morgan fingerprint density at radius 2 is 0.989 bits per heavy atom. The second-order valence-corrected chi connectivity index (χ2v) is 24.0. The summed E-state index contributed by atoms with van der Waals surface area (Å²) in [6.45, 7) is 6.66. The average molecular weight is 1130 g/mol. The number of imidazole rings is 1. The van der Waals surface area contributed by atoms with Gasteiger partial charge in [0.05, 0.1) is 40.1 Å². The lowest BCUT2D eigenvalue weighted by Gasteiger charge is -2.21. The molecule has 6 heteroatoms. The molecule has 18 rings (SSSR count). The summed E-state index contributed by atoms with van der Waals surface area (Å²) >= 11 is 0. The number of nitrogens with zero attached hydrogens (tertiary/aromatic N) is 4. The predicted octanol–water partition coefficient (Wildman–Crippen LogP) is 21.3. The van der Waals surface area contributed by atoms with E-state index in [1.165, 1.54) is 5.56 Å². The zero-order chi connectivity index (χ0) is 62.7. The van der Waals surface area contributed by atoms with Gasteiger partial charge in [-0.2, -0.15) is 0 Å². The highest BCUT2D eigenvalue weighted by atomic mass is 16.5. The van der Waals surface area contributed by atoms with E-state index in [0.717, 1.165) is 137 Å². The maximum atomic E-state index is 9.91. The summed E-state index contributed by atoms with van der Waals surface area (Å²) in [6, 6.07) is 80.0. The maximum Gasteiger partial charge on any atom is 0.269 e. The standard InChI is InChI=1S/C82H54N4O2/c1-82(2,3)52-42-43-83-77(46-52)86-73-34-17-15-30-64(73)66-39-37-54(48-75(66)86)87-53-36-38-65-60-26-11-7-22-56(60)57-23-8-12-27-61(57)68-40-41-69-62-28-13-9-24-58(62)59-25-10-14-29-63(59)72-45-51(55-32-19-33-70-67-31-16-18-35-76(67)88-81(55)70)44-71(50-20-5-4-6-21-50)78(72)85-49-84(74(65)47-53)79(68)80(69)85/h4-48H,1-3H3/i4D,5D,6D,20D,21D. The number of para-hydroxylation sites is 3. The molecule has 1 aliphatic heterocycles. The molecule has 0 spiro atoms. The topological polar surface area (TPSA) is 48.5 Å². The van der Waals surface area contributed by atoms with E-state index < -0.39 is 18.1 Å². The molecule has 5 aromatic heterocycles. The van der Waals surface area contributed by atoms with Crippen LogP contribution in [0.4, 0.5) is 0 Å². The summed E-state index contributed by atoms with van der Waals surface area (Å²) in [4.78, 5) is 4.97. The summed E-state index contributed by atoms with van der Waals surface area (Å²) in [5, 5.41) is 10.0. The van der Waals surface area contributed by atoms with Crippen LogP contribution in [0.25, 0.3) is 160 Å². The van der Waals surface area contributed by atoms with Crippen LogP contribution in [-0.4, -0.2) is 14.0 Å². The second kappa shape index (κ2) is 19.1. The van der Waals surface area contributed by atoms with Crippen molar-refractivity contribution in [2.75, 3.05) is 0 Å². The largest absolute Gasteiger partial charge is 0.458 e. The van der Waals surface area contributed by atoms with Crippen molar-refractivity contribution in [1.29, 1.82) is 0 Å². The van der Waals surface area contributed by atoms with Crippen LogP contribution >= 0.6 is 0 Å². The van der Waals surface area contributed by atoms with Gasteiger partial charge >= 0.3 is 0 Å². The lowest BCUT2D eigenvalue weighted by molar-refractivity contribution is -0.570. The van der Waals surface area contributed by atoms with E-state index >= 15 is 0 Å². The predicted molar refractivity (Wildman–Crippen MR) is 362 cm³/mol. The molecule has 1 aliphatic rings. The first-order valence-corrected chi connectivity index (χ1v) is 29.8. The molecule has 0 bridgehead atoms. The quantitative estimate of drug-likeness (QED) is 0.127. The van der Waals surface area contributed by atoms with Gasteiger partial charge in [-0.15, -0.1) is 0 Å². The van der Waals surface area contributed by atoms with Crippen molar-refractivity contribution in [2.45, 2.75) is 26.2 Å². The van der Waals surface area contributed by atoms with Crippen LogP contribution in [0, 0.1) is 6.33 Å². The number of furan rings is 1. The number of ether oxygens (including phenoxy) is 1. The molecule has 6 heterocycles. The Balaban J connectivity index is 0.995. The molecular formula is C82H54N4O2. The Labute approximate surface area is 514 Å². The van der Waals surface area contributed by atoms with Crippen molar-refractivity contribution in [3.63, 3.8) is 0 Å². The van der Waals surface area contributed by atoms with Crippen LogP contribution in [0.15, 0.2) is 277 Å². The molecule has 0 unspecified atom stereocenters. The molecule has 12 aromatic carbocycles. The molecule has 6 nitrogen and oxygen atoms in total. The summed E-state index contributed by atoms with van der Waals surface area (Å²) in [5.41, 5.74) is 14.9. The van der Waals surface area contributed by atoms with Crippen LogP contribution in [-0.2, 0) is 5.41 Å². The second-order valence-electron chi connectivity index (χ2n) is 24.0. The number of hydrogen-bond acceptors (Lipinski definition) is 3. The van der Waals surface area contributed by atoms with Gasteiger partial charge in [-0.25, -0.2) is 4.98 Å². The Bertz CT molecular complexity index is 6140. The molecule has 0 fully saturated rings. The number of pyridine rings is 1. The Morgan fingerprint density at radius 3 is 1.70 bits per heavy atom. The van der Waals surface area contributed by atoms with Crippen LogP contribution < -0.4 is 9.30 Å². The zero-order valence-corrected chi connectivity index (χ0v) is 48.2. The van der Waals surface area contributed by atoms with Crippen molar-refractivity contribution in [3.05, 3.63) is 285 Å². The molecule has 0 amide bonds. The Morgan fingerprint density at radius 1 is 0.443 bits per heavy atom. The minimum atomic E-state index is -0.478. The van der Waals surface area contributed by atoms with E-state index in [-0.39, 0.29) is 23.1 Å². The van der Waals surface area contributed by atoms with Gasteiger partial charge in [0.25, 0.3) is 6.33 Å². The fraction of sp³-hybridized carbons (Fsp3) is 0.0488. The summed E-state index contributed by atoms with van der Waals surface area (Å²) < 4.78 is 67.8. The molecule has 0 aliphatic carbocycles. The molecule has 0 saturated carbocycles. The van der Waals surface area contributed by atoms with Gasteiger partial charge in [-0.1, -0.05) is 221 Å². The van der Waals surface area contributed by atoms with Gasteiger partial charge in [0, 0.05) is 39.4 Å². The van der Waals surface area contributed by atoms with Crippen molar-refractivity contribution in [3.8, 4) is 78.6 Å². The molecular weight excluding hydrogens is 1070 g/mol. The van der Waals surface area contributed by atoms with Crippen molar-refractivity contribution < 1.29 is 20.6 Å². The fourth-order valence-corrected chi connectivity index (χ4v) is 14.0. The van der Waals surface area contributed by atoms with Crippen molar-refractivity contribution in [2.24, 2.45) is 0 Å². The first-order chi connectivity index (χ1) is 45.4. The minimum absolute atomic E-state index is 0.0507. The zero-order valence-electron chi connectivity index (χ0n) is 53.2. The van der Waals surface area contributed by atoms with Gasteiger partial charge < -0.3 is 9.15 Å². The molecule has 414 valence electrons. The maximum absolute atomic E-state index is 9.91. The number of fused-ring (bicyclic) bond motifs is 20. The van der Waals surface area contributed by atoms with Crippen LogP contribution in [0.3, 0.4) is 0 Å². The first-order valence-electron chi connectivity index (χ1n) is 32.3. The number of aromatic nitrogens is 4. The Hall–Kier alpha value is -11.3. The van der Waals surface area contributed by atoms with Gasteiger partial charge in [-0.05, 0) is 154 Å². The van der Waals surface area contributed by atoms with Gasteiger partial charge in [0.1, 0.15) is 28.5 Å². The molecule has 0 atom stereocenters. The number of hydrogen-bond donors (Lipinski definition) is 0. The van der Waals surface area contributed by atoms with Crippen molar-refractivity contribution in [1.82, 2.24) is 14.0 Å². The third-order valence-electron chi connectivity index (χ3n) is 18.0. The minimum Gasteiger partial charge on any atom is -0.458 e.